The molecule has 0 unspecified atom stereocenters. The van der Waals surface area contributed by atoms with E-state index < -0.39 is 6.03 Å². The maximum Gasteiger partial charge on any atom is 0.324 e. The number of aromatic nitrogens is 3. The third-order valence-electron chi connectivity index (χ3n) is 7.40. The van der Waals surface area contributed by atoms with Crippen LogP contribution < -0.4 is 26.0 Å². The molecule has 0 aliphatic carbocycles. The summed E-state index contributed by atoms with van der Waals surface area (Å²) in [6.07, 6.45) is 1.49. The Labute approximate surface area is 288 Å². The molecule has 4 aromatic rings. The first-order valence-electron chi connectivity index (χ1n) is 15.4. The molecular formula is C33H38Cl2N8O5. The first-order chi connectivity index (χ1) is 23.0. The number of aliphatic hydroxyl groups excluding tert-OH is 1. The molecule has 48 heavy (non-hydrogen) atoms. The Balaban J connectivity index is 1.21. The average molecular weight is 698 g/mol. The van der Waals surface area contributed by atoms with Crippen LogP contribution in [0.4, 0.5) is 26.9 Å². The van der Waals surface area contributed by atoms with E-state index in [9.17, 15) is 14.7 Å². The number of carbonyl (C=O) groups excluding carboxylic acids is 2. The fourth-order valence-corrected chi connectivity index (χ4v) is 5.14. The first kappa shape index (κ1) is 34.9. The molecule has 5 rings (SSSR count). The number of aliphatic hydroxyl groups is 1. The first-order valence-corrected chi connectivity index (χ1v) is 16.1. The van der Waals surface area contributed by atoms with Crippen LogP contribution >= 0.6 is 23.2 Å². The standard InChI is InChI=1S/C33H38Cl2N8O5/c1-33(2,3)26-19-28(43(41-26)22-6-4-21(20-44)5-7-22)40-32(46)38-24-8-9-25(30(35)29(24)34)48-23-10-11-36-27(18-23)39-31(45)37-12-13-42-14-16-47-17-15-42/h4-11,18-19,44H,12-17,20H2,1-3H3,(H2,38,40,46)(H2,36,37,39,45). The van der Waals surface area contributed by atoms with Crippen molar-refractivity contribution in [2.45, 2.75) is 32.8 Å². The molecular weight excluding hydrogens is 659 g/mol. The predicted octanol–water partition coefficient (Wildman–Crippen LogP) is 6.25. The highest BCUT2D eigenvalue weighted by Crippen LogP contribution is 2.40. The molecule has 5 N–H and O–H groups in total. The van der Waals surface area contributed by atoms with Crippen molar-refractivity contribution < 1.29 is 24.2 Å². The molecule has 1 aliphatic rings. The third kappa shape index (κ3) is 9.14. The van der Waals surface area contributed by atoms with Gasteiger partial charge in [0.15, 0.2) is 0 Å². The number of urea groups is 2. The van der Waals surface area contributed by atoms with Gasteiger partial charge in [-0.05, 0) is 35.9 Å². The number of carbonyl (C=O) groups is 2. The lowest BCUT2D eigenvalue weighted by atomic mass is 9.92. The summed E-state index contributed by atoms with van der Waals surface area (Å²) >= 11 is 13.1. The molecule has 15 heteroatoms. The van der Waals surface area contributed by atoms with Crippen LogP contribution in [0, 0.1) is 0 Å². The summed E-state index contributed by atoms with van der Waals surface area (Å²) in [5, 5.41) is 25.4. The summed E-state index contributed by atoms with van der Waals surface area (Å²) < 4.78 is 12.9. The van der Waals surface area contributed by atoms with Gasteiger partial charge in [0.1, 0.15) is 28.2 Å². The zero-order chi connectivity index (χ0) is 34.3. The topological polar surface area (TPSA) is 155 Å². The Bertz CT molecular complexity index is 1740. The summed E-state index contributed by atoms with van der Waals surface area (Å²) in [5.74, 6) is 1.31. The maximum atomic E-state index is 13.2. The number of benzene rings is 2. The normalized spacial score (nSPS) is 13.5. The van der Waals surface area contributed by atoms with Crippen LogP contribution in [0.3, 0.4) is 0 Å². The summed E-state index contributed by atoms with van der Waals surface area (Å²) in [6, 6.07) is 14.4. The van der Waals surface area contributed by atoms with Gasteiger partial charge in [0.2, 0.25) is 0 Å². The van der Waals surface area contributed by atoms with E-state index in [2.05, 4.69) is 31.2 Å². The van der Waals surface area contributed by atoms with Crippen molar-refractivity contribution in [3.8, 4) is 17.2 Å². The van der Waals surface area contributed by atoms with Gasteiger partial charge in [-0.3, -0.25) is 15.5 Å². The van der Waals surface area contributed by atoms with Crippen molar-refractivity contribution in [2.75, 3.05) is 55.3 Å². The van der Waals surface area contributed by atoms with Gasteiger partial charge in [0.25, 0.3) is 0 Å². The second-order valence-corrected chi connectivity index (χ2v) is 12.8. The van der Waals surface area contributed by atoms with Crippen molar-refractivity contribution in [2.24, 2.45) is 0 Å². The number of nitrogens with zero attached hydrogens (tertiary/aromatic N) is 4. The molecule has 0 bridgehead atoms. The summed E-state index contributed by atoms with van der Waals surface area (Å²) in [5.41, 5.74) is 2.21. The smallest absolute Gasteiger partial charge is 0.324 e. The minimum atomic E-state index is -0.566. The monoisotopic (exact) mass is 696 g/mol. The zero-order valence-electron chi connectivity index (χ0n) is 26.8. The van der Waals surface area contributed by atoms with E-state index in [1.807, 2.05) is 32.9 Å². The highest BCUT2D eigenvalue weighted by atomic mass is 35.5. The molecule has 3 heterocycles. The molecule has 1 saturated heterocycles. The van der Waals surface area contributed by atoms with E-state index in [1.54, 1.807) is 47.1 Å². The number of nitrogens with one attached hydrogen (secondary N) is 4. The number of morpholine rings is 1. The quantitative estimate of drug-likeness (QED) is 0.130. The van der Waals surface area contributed by atoms with Crippen LogP contribution in [0.5, 0.6) is 11.5 Å². The second-order valence-electron chi connectivity index (χ2n) is 12.0. The Morgan fingerprint density at radius 3 is 2.42 bits per heavy atom. The molecule has 254 valence electrons. The lowest BCUT2D eigenvalue weighted by molar-refractivity contribution is 0.0388. The van der Waals surface area contributed by atoms with Crippen LogP contribution in [0.15, 0.2) is 60.8 Å². The van der Waals surface area contributed by atoms with Crippen molar-refractivity contribution in [3.05, 3.63) is 82.1 Å². The van der Waals surface area contributed by atoms with E-state index >= 15 is 0 Å². The minimum Gasteiger partial charge on any atom is -0.456 e. The maximum absolute atomic E-state index is 13.2. The molecule has 4 amide bonds. The molecule has 0 atom stereocenters. The van der Waals surface area contributed by atoms with Gasteiger partial charge in [-0.15, -0.1) is 0 Å². The van der Waals surface area contributed by atoms with Crippen molar-refractivity contribution >= 4 is 52.6 Å². The Morgan fingerprint density at radius 1 is 0.958 bits per heavy atom. The zero-order valence-corrected chi connectivity index (χ0v) is 28.4. The molecule has 0 radical (unpaired) electrons. The predicted molar refractivity (Wildman–Crippen MR) is 186 cm³/mol. The van der Waals surface area contributed by atoms with E-state index in [0.29, 0.717) is 37.0 Å². The number of hydrogen-bond donors (Lipinski definition) is 5. The van der Waals surface area contributed by atoms with Crippen LogP contribution in [-0.4, -0.2) is 76.2 Å². The number of rotatable bonds is 10. The third-order valence-corrected chi connectivity index (χ3v) is 8.26. The van der Waals surface area contributed by atoms with Crippen LogP contribution in [-0.2, 0) is 16.8 Å². The molecule has 0 spiro atoms. The SMILES string of the molecule is CC(C)(C)c1cc(NC(=O)Nc2ccc(Oc3ccnc(NC(=O)NCCN4CCOCC4)c3)c(Cl)c2Cl)n(-c2ccc(CO)cc2)n1. The number of halogens is 2. The molecule has 2 aromatic carbocycles. The molecule has 1 aliphatic heterocycles. The lowest BCUT2D eigenvalue weighted by Crippen LogP contribution is -2.42. The van der Waals surface area contributed by atoms with Gasteiger partial charge in [-0.25, -0.2) is 19.3 Å². The van der Waals surface area contributed by atoms with Crippen molar-refractivity contribution in [1.29, 1.82) is 0 Å². The van der Waals surface area contributed by atoms with Gasteiger partial charge >= 0.3 is 12.1 Å². The summed E-state index contributed by atoms with van der Waals surface area (Å²) in [7, 11) is 0. The highest BCUT2D eigenvalue weighted by Gasteiger charge is 2.22. The second kappa shape index (κ2) is 15.7. The Morgan fingerprint density at radius 2 is 1.71 bits per heavy atom. The number of anilines is 3. The minimum absolute atomic E-state index is 0.0693. The molecule has 0 saturated carbocycles. The van der Waals surface area contributed by atoms with Gasteiger partial charge in [0.05, 0.1) is 41.9 Å². The van der Waals surface area contributed by atoms with Crippen LogP contribution in [0.1, 0.15) is 32.0 Å². The van der Waals surface area contributed by atoms with Crippen molar-refractivity contribution in [3.63, 3.8) is 0 Å². The number of hydrogen-bond acceptors (Lipinski definition) is 8. The van der Waals surface area contributed by atoms with E-state index in [-0.39, 0.29) is 45.4 Å². The Kier molecular flexibility index (Phi) is 11.4. The molecule has 1 fully saturated rings. The van der Waals surface area contributed by atoms with Crippen LogP contribution in [0.2, 0.25) is 10.0 Å². The van der Waals surface area contributed by atoms with Crippen molar-refractivity contribution in [1.82, 2.24) is 25.0 Å². The molecule has 2 aromatic heterocycles. The van der Waals surface area contributed by atoms with Gasteiger partial charge in [-0.2, -0.15) is 5.10 Å². The van der Waals surface area contributed by atoms with E-state index in [1.165, 1.54) is 6.20 Å². The van der Waals surface area contributed by atoms with Gasteiger partial charge < -0.3 is 25.2 Å². The lowest BCUT2D eigenvalue weighted by Gasteiger charge is -2.26. The highest BCUT2D eigenvalue weighted by molar-refractivity contribution is 6.45. The van der Waals surface area contributed by atoms with Gasteiger partial charge in [-0.1, -0.05) is 56.1 Å². The fourth-order valence-electron chi connectivity index (χ4n) is 4.74. The number of amides is 4. The average Bonchev–Trinajstić information content (AvgIpc) is 3.49. The van der Waals surface area contributed by atoms with E-state index in [4.69, 9.17) is 37.8 Å². The Hall–Kier alpha value is -4.40. The van der Waals surface area contributed by atoms with Crippen LogP contribution in [0.25, 0.3) is 5.69 Å². The number of pyridine rings is 1. The molecule has 13 nitrogen and oxygen atoms in total. The fraction of sp³-hybridized carbons (Fsp3) is 0.333. The van der Waals surface area contributed by atoms with Gasteiger partial charge in [0, 0.05) is 49.9 Å². The number of ether oxygens (including phenoxy) is 2. The largest absolute Gasteiger partial charge is 0.456 e. The summed E-state index contributed by atoms with van der Waals surface area (Å²) in [4.78, 5) is 31.9. The van der Waals surface area contributed by atoms with E-state index in [0.717, 1.165) is 30.9 Å². The summed E-state index contributed by atoms with van der Waals surface area (Å²) in [6.45, 7) is 10.3.